The van der Waals surface area contributed by atoms with Crippen LogP contribution in [0.25, 0.3) is 10.8 Å². The van der Waals surface area contributed by atoms with Gasteiger partial charge in [-0.05, 0) is 29.7 Å². The fourth-order valence-electron chi connectivity index (χ4n) is 2.21. The summed E-state index contributed by atoms with van der Waals surface area (Å²) < 4.78 is 19.1. The number of rotatable bonds is 3. The molecule has 0 saturated carbocycles. The molecule has 100 valence electrons. The van der Waals surface area contributed by atoms with E-state index >= 15 is 0 Å². The number of fused-ring (bicyclic) bond motifs is 1. The second-order valence-corrected chi connectivity index (χ2v) is 4.54. The molecular weight excluding hydrogens is 253 g/mol. The summed E-state index contributed by atoms with van der Waals surface area (Å²) in [6.45, 7) is 0.234. The minimum Gasteiger partial charge on any atom is -0.456 e. The van der Waals surface area contributed by atoms with E-state index < -0.39 is 0 Å². The summed E-state index contributed by atoms with van der Waals surface area (Å²) in [5.41, 5.74) is 6.29. The third-order valence-electron chi connectivity index (χ3n) is 3.21. The van der Waals surface area contributed by atoms with Crippen LogP contribution in [0.5, 0.6) is 11.5 Å². The highest BCUT2D eigenvalue weighted by molar-refractivity contribution is 5.88. The van der Waals surface area contributed by atoms with Gasteiger partial charge < -0.3 is 10.5 Å². The zero-order valence-corrected chi connectivity index (χ0v) is 10.8. The second kappa shape index (κ2) is 5.31. The molecule has 0 aromatic heterocycles. The number of hydrogen-bond acceptors (Lipinski definition) is 2. The molecule has 0 radical (unpaired) electrons. The summed E-state index contributed by atoms with van der Waals surface area (Å²) in [6.07, 6.45) is 0. The first-order valence-corrected chi connectivity index (χ1v) is 6.42. The summed E-state index contributed by atoms with van der Waals surface area (Å²) in [4.78, 5) is 0. The van der Waals surface area contributed by atoms with Crippen molar-refractivity contribution in [2.45, 2.75) is 6.54 Å². The van der Waals surface area contributed by atoms with Crippen LogP contribution in [-0.2, 0) is 6.54 Å². The number of halogens is 1. The maximum atomic E-state index is 13.2. The lowest BCUT2D eigenvalue weighted by Crippen LogP contribution is -2.00. The van der Waals surface area contributed by atoms with Crippen LogP contribution in [0.1, 0.15) is 5.56 Å². The van der Waals surface area contributed by atoms with E-state index in [1.54, 1.807) is 6.07 Å². The van der Waals surface area contributed by atoms with Crippen molar-refractivity contribution in [2.75, 3.05) is 0 Å². The van der Waals surface area contributed by atoms with E-state index in [1.807, 2.05) is 42.5 Å². The molecule has 3 heteroatoms. The SMILES string of the molecule is NCc1cc(F)ccc1Oc1cccc2ccccc12. The molecule has 2 nitrogen and oxygen atoms in total. The normalized spacial score (nSPS) is 10.7. The third-order valence-corrected chi connectivity index (χ3v) is 3.21. The Morgan fingerprint density at radius 1 is 0.900 bits per heavy atom. The Bertz CT molecular complexity index is 750. The minimum absolute atomic E-state index is 0.234. The average Bonchev–Trinajstić information content (AvgIpc) is 2.49. The molecule has 0 atom stereocenters. The molecule has 3 aromatic rings. The highest BCUT2D eigenvalue weighted by Crippen LogP contribution is 2.31. The van der Waals surface area contributed by atoms with Gasteiger partial charge in [0.2, 0.25) is 0 Å². The van der Waals surface area contributed by atoms with Crippen molar-refractivity contribution >= 4 is 10.8 Å². The summed E-state index contributed by atoms with van der Waals surface area (Å²) in [6, 6.07) is 18.2. The van der Waals surface area contributed by atoms with Crippen LogP contribution in [0.4, 0.5) is 4.39 Å². The molecule has 3 rings (SSSR count). The molecule has 20 heavy (non-hydrogen) atoms. The molecule has 2 N–H and O–H groups in total. The highest BCUT2D eigenvalue weighted by Gasteiger charge is 2.07. The molecule has 0 amide bonds. The lowest BCUT2D eigenvalue weighted by molar-refractivity contribution is 0.479. The smallest absolute Gasteiger partial charge is 0.135 e. The van der Waals surface area contributed by atoms with Gasteiger partial charge in [0, 0.05) is 17.5 Å². The predicted octanol–water partition coefficient (Wildman–Crippen LogP) is 4.23. The van der Waals surface area contributed by atoms with Gasteiger partial charge in [0.15, 0.2) is 0 Å². The molecular formula is C17H14FNO. The van der Waals surface area contributed by atoms with Gasteiger partial charge in [0.05, 0.1) is 0 Å². The van der Waals surface area contributed by atoms with Gasteiger partial charge in [-0.1, -0.05) is 36.4 Å². The lowest BCUT2D eigenvalue weighted by atomic mass is 10.1. The van der Waals surface area contributed by atoms with Crippen LogP contribution in [0.15, 0.2) is 60.7 Å². The molecule has 0 spiro atoms. The maximum absolute atomic E-state index is 13.2. The van der Waals surface area contributed by atoms with Gasteiger partial charge in [-0.15, -0.1) is 0 Å². The number of ether oxygens (including phenoxy) is 1. The van der Waals surface area contributed by atoms with E-state index in [4.69, 9.17) is 10.5 Å². The fraction of sp³-hybridized carbons (Fsp3) is 0.0588. The van der Waals surface area contributed by atoms with Crippen LogP contribution in [0.2, 0.25) is 0 Å². The predicted molar refractivity (Wildman–Crippen MR) is 78.3 cm³/mol. The van der Waals surface area contributed by atoms with Crippen LogP contribution in [0.3, 0.4) is 0 Å². The molecule has 0 aliphatic heterocycles. The van der Waals surface area contributed by atoms with E-state index in [2.05, 4.69) is 0 Å². The summed E-state index contributed by atoms with van der Waals surface area (Å²) in [5.74, 6) is 1.02. The average molecular weight is 267 g/mol. The van der Waals surface area contributed by atoms with E-state index in [9.17, 15) is 4.39 Å². The molecule has 0 fully saturated rings. The van der Waals surface area contributed by atoms with Gasteiger partial charge in [-0.25, -0.2) is 4.39 Å². The van der Waals surface area contributed by atoms with Crippen LogP contribution < -0.4 is 10.5 Å². The summed E-state index contributed by atoms with van der Waals surface area (Å²) >= 11 is 0. The number of benzene rings is 3. The standard InChI is InChI=1S/C17H14FNO/c18-14-8-9-16(13(10-14)11-19)20-17-7-3-5-12-4-1-2-6-15(12)17/h1-10H,11,19H2. The second-order valence-electron chi connectivity index (χ2n) is 4.54. The quantitative estimate of drug-likeness (QED) is 0.770. The van der Waals surface area contributed by atoms with Crippen LogP contribution >= 0.6 is 0 Å². The topological polar surface area (TPSA) is 35.2 Å². The molecule has 0 saturated heterocycles. The molecule has 0 aliphatic carbocycles. The first-order valence-electron chi connectivity index (χ1n) is 6.42. The Balaban J connectivity index is 2.05. The molecule has 0 bridgehead atoms. The van der Waals surface area contributed by atoms with E-state index in [0.29, 0.717) is 11.3 Å². The largest absolute Gasteiger partial charge is 0.456 e. The monoisotopic (exact) mass is 267 g/mol. The number of nitrogens with two attached hydrogens (primary N) is 1. The molecule has 0 aliphatic rings. The Hall–Kier alpha value is -2.39. The van der Waals surface area contributed by atoms with Crippen molar-refractivity contribution in [3.8, 4) is 11.5 Å². The van der Waals surface area contributed by atoms with Crippen molar-refractivity contribution in [1.82, 2.24) is 0 Å². The van der Waals surface area contributed by atoms with Gasteiger partial charge in [0.1, 0.15) is 17.3 Å². The van der Waals surface area contributed by atoms with Gasteiger partial charge >= 0.3 is 0 Å². The van der Waals surface area contributed by atoms with Crippen molar-refractivity contribution in [2.24, 2.45) is 5.73 Å². The minimum atomic E-state index is -0.310. The lowest BCUT2D eigenvalue weighted by Gasteiger charge is -2.12. The Morgan fingerprint density at radius 3 is 2.55 bits per heavy atom. The van der Waals surface area contributed by atoms with Crippen LogP contribution in [0, 0.1) is 5.82 Å². The highest BCUT2D eigenvalue weighted by atomic mass is 19.1. The van der Waals surface area contributed by atoms with Gasteiger partial charge in [-0.2, -0.15) is 0 Å². The number of hydrogen-bond donors (Lipinski definition) is 1. The summed E-state index contributed by atoms with van der Waals surface area (Å²) in [5, 5.41) is 2.11. The van der Waals surface area contributed by atoms with Crippen molar-refractivity contribution in [3.63, 3.8) is 0 Å². The van der Waals surface area contributed by atoms with Crippen molar-refractivity contribution in [3.05, 3.63) is 72.0 Å². The fourth-order valence-corrected chi connectivity index (χ4v) is 2.21. The van der Waals surface area contributed by atoms with E-state index in [-0.39, 0.29) is 12.4 Å². The van der Waals surface area contributed by atoms with E-state index in [0.717, 1.165) is 16.5 Å². The first-order chi connectivity index (χ1) is 9.78. The first kappa shape index (κ1) is 12.6. The Kier molecular flexibility index (Phi) is 3.35. The molecule has 0 unspecified atom stereocenters. The third kappa shape index (κ3) is 2.36. The molecule has 0 heterocycles. The van der Waals surface area contributed by atoms with Gasteiger partial charge in [0.25, 0.3) is 0 Å². The Morgan fingerprint density at radius 2 is 1.70 bits per heavy atom. The molecule has 3 aromatic carbocycles. The van der Waals surface area contributed by atoms with E-state index in [1.165, 1.54) is 12.1 Å². The van der Waals surface area contributed by atoms with Crippen molar-refractivity contribution in [1.29, 1.82) is 0 Å². The maximum Gasteiger partial charge on any atom is 0.135 e. The zero-order valence-electron chi connectivity index (χ0n) is 10.8. The summed E-state index contributed by atoms with van der Waals surface area (Å²) in [7, 11) is 0. The zero-order chi connectivity index (χ0) is 13.9. The Labute approximate surface area is 116 Å². The van der Waals surface area contributed by atoms with Gasteiger partial charge in [-0.3, -0.25) is 0 Å². The van der Waals surface area contributed by atoms with Crippen molar-refractivity contribution < 1.29 is 9.13 Å². The van der Waals surface area contributed by atoms with Crippen LogP contribution in [-0.4, -0.2) is 0 Å².